The zero-order chi connectivity index (χ0) is 19.7. The zero-order valence-electron chi connectivity index (χ0n) is 16.1. The van der Waals surface area contributed by atoms with Gasteiger partial charge in [0.25, 0.3) is 0 Å². The molecule has 0 spiro atoms. The van der Waals surface area contributed by atoms with Gasteiger partial charge < -0.3 is 15.1 Å². The number of hydrogen-bond acceptors (Lipinski definition) is 6. The van der Waals surface area contributed by atoms with Crippen LogP contribution in [0.15, 0.2) is 34.7 Å². The van der Waals surface area contributed by atoms with Crippen LogP contribution in [0.3, 0.4) is 0 Å². The fourth-order valence-electron chi connectivity index (χ4n) is 3.87. The van der Waals surface area contributed by atoms with Crippen molar-refractivity contribution in [2.24, 2.45) is 5.92 Å². The van der Waals surface area contributed by atoms with E-state index in [9.17, 15) is 9.59 Å². The second kappa shape index (κ2) is 7.71. The third-order valence-corrected chi connectivity index (χ3v) is 5.39. The van der Waals surface area contributed by atoms with Gasteiger partial charge >= 0.3 is 0 Å². The van der Waals surface area contributed by atoms with E-state index in [1.165, 1.54) is 0 Å². The highest BCUT2D eigenvalue weighted by Gasteiger charge is 2.44. The minimum Gasteiger partial charge on any atom is -0.421 e. The summed E-state index contributed by atoms with van der Waals surface area (Å²) in [5, 5.41) is 14.4. The number of benzene rings is 1. The summed E-state index contributed by atoms with van der Waals surface area (Å²) in [7, 11) is 0. The average Bonchev–Trinajstić information content (AvgIpc) is 3.32. The van der Waals surface area contributed by atoms with E-state index in [4.69, 9.17) is 4.42 Å². The number of rotatable bonds is 5. The smallest absolute Gasteiger partial charge is 0.247 e. The van der Waals surface area contributed by atoms with Crippen LogP contribution >= 0.6 is 0 Å². The molecule has 0 bridgehead atoms. The van der Waals surface area contributed by atoms with Crippen LogP contribution in [0.1, 0.15) is 26.2 Å². The maximum absolute atomic E-state index is 12.3. The molecule has 4 rings (SSSR count). The van der Waals surface area contributed by atoms with Crippen molar-refractivity contribution < 1.29 is 14.0 Å². The molecule has 2 amide bonds. The van der Waals surface area contributed by atoms with E-state index in [2.05, 4.69) is 25.7 Å². The van der Waals surface area contributed by atoms with Crippen LogP contribution in [0.25, 0.3) is 11.5 Å². The Morgan fingerprint density at radius 2 is 2.11 bits per heavy atom. The van der Waals surface area contributed by atoms with Crippen LogP contribution in [0.5, 0.6) is 0 Å². The number of carbonyl (C=O) groups is 2. The first-order valence-electron chi connectivity index (χ1n) is 9.73. The Hall–Kier alpha value is -2.74. The maximum Gasteiger partial charge on any atom is 0.247 e. The minimum atomic E-state index is -0.229. The Balaban J connectivity index is 1.44. The molecule has 0 aliphatic carbocycles. The van der Waals surface area contributed by atoms with Gasteiger partial charge in [0.2, 0.25) is 23.6 Å². The number of fused-ring (bicyclic) bond motifs is 1. The molecule has 3 heterocycles. The molecule has 2 aliphatic rings. The second-order valence-corrected chi connectivity index (χ2v) is 7.78. The van der Waals surface area contributed by atoms with Gasteiger partial charge in [-0.2, -0.15) is 0 Å². The molecular weight excluding hydrogens is 358 g/mol. The van der Waals surface area contributed by atoms with Crippen LogP contribution in [-0.4, -0.2) is 58.1 Å². The molecule has 0 saturated carbocycles. The van der Waals surface area contributed by atoms with E-state index in [-0.39, 0.29) is 35.9 Å². The lowest BCUT2D eigenvalue weighted by atomic mass is 10.1. The lowest BCUT2D eigenvalue weighted by molar-refractivity contribution is -0.129. The highest BCUT2D eigenvalue weighted by atomic mass is 16.4. The normalized spacial score (nSPS) is 24.8. The Bertz CT molecular complexity index is 851. The fraction of sp³-hybridized carbons (Fsp3) is 0.500. The lowest BCUT2D eigenvalue weighted by Crippen LogP contribution is -2.58. The highest BCUT2D eigenvalue weighted by Crippen LogP contribution is 2.26. The molecule has 0 radical (unpaired) electrons. The molecule has 3 atom stereocenters. The molecule has 8 nitrogen and oxygen atoms in total. The lowest BCUT2D eigenvalue weighted by Gasteiger charge is -2.36. The number of nitrogens with zero attached hydrogens (tertiary/aromatic N) is 3. The van der Waals surface area contributed by atoms with Crippen LogP contribution in [0.4, 0.5) is 0 Å². The predicted molar refractivity (Wildman–Crippen MR) is 102 cm³/mol. The molecule has 2 aromatic rings. The van der Waals surface area contributed by atoms with Crippen molar-refractivity contribution in [3.05, 3.63) is 36.2 Å². The molecule has 2 N–H and O–H groups in total. The molecule has 8 heteroatoms. The molecule has 1 aromatic heterocycles. The van der Waals surface area contributed by atoms with Crippen molar-refractivity contribution >= 4 is 11.8 Å². The molecule has 148 valence electrons. The number of hydrogen-bond donors (Lipinski definition) is 2. The number of piperazine rings is 1. The summed E-state index contributed by atoms with van der Waals surface area (Å²) < 4.78 is 5.84. The van der Waals surface area contributed by atoms with Gasteiger partial charge in [-0.3, -0.25) is 14.5 Å². The van der Waals surface area contributed by atoms with Crippen LogP contribution < -0.4 is 10.6 Å². The third kappa shape index (κ3) is 3.77. The maximum atomic E-state index is 12.3. The first kappa shape index (κ1) is 18.6. The summed E-state index contributed by atoms with van der Waals surface area (Å²) >= 11 is 0. The quantitative estimate of drug-likeness (QED) is 0.799. The van der Waals surface area contributed by atoms with E-state index in [1.54, 1.807) is 0 Å². The van der Waals surface area contributed by atoms with Crippen LogP contribution in [0, 0.1) is 5.92 Å². The molecule has 28 heavy (non-hydrogen) atoms. The van der Waals surface area contributed by atoms with Crippen LogP contribution in [0.2, 0.25) is 0 Å². The number of aromatic nitrogens is 2. The van der Waals surface area contributed by atoms with Gasteiger partial charge in [0.1, 0.15) is 0 Å². The summed E-state index contributed by atoms with van der Waals surface area (Å²) in [6, 6.07) is 9.46. The van der Waals surface area contributed by atoms with E-state index in [0.717, 1.165) is 5.56 Å². The molecule has 2 saturated heterocycles. The third-order valence-electron chi connectivity index (χ3n) is 5.39. The zero-order valence-corrected chi connectivity index (χ0v) is 16.1. The van der Waals surface area contributed by atoms with Gasteiger partial charge in [-0.15, -0.1) is 10.2 Å². The van der Waals surface area contributed by atoms with Crippen molar-refractivity contribution in [1.29, 1.82) is 0 Å². The van der Waals surface area contributed by atoms with Gasteiger partial charge in [0.05, 0.1) is 6.04 Å². The number of carbonyl (C=O) groups excluding carboxylic acids is 2. The summed E-state index contributed by atoms with van der Waals surface area (Å²) in [5.74, 6) is 1.01. The molecule has 1 aromatic carbocycles. The first-order chi connectivity index (χ1) is 13.5. The topological polar surface area (TPSA) is 100 Å². The van der Waals surface area contributed by atoms with E-state index in [0.29, 0.717) is 37.7 Å². The van der Waals surface area contributed by atoms with Crippen molar-refractivity contribution in [2.45, 2.75) is 44.8 Å². The molecule has 2 aliphatic heterocycles. The van der Waals surface area contributed by atoms with Gasteiger partial charge in [0.15, 0.2) is 0 Å². The van der Waals surface area contributed by atoms with Gasteiger partial charge in [-0.25, -0.2) is 0 Å². The van der Waals surface area contributed by atoms with Crippen molar-refractivity contribution in [2.75, 3.05) is 13.1 Å². The Labute approximate surface area is 163 Å². The van der Waals surface area contributed by atoms with Crippen LogP contribution in [-0.2, 0) is 16.0 Å². The summed E-state index contributed by atoms with van der Waals surface area (Å²) in [6.45, 7) is 4.92. The van der Waals surface area contributed by atoms with E-state index < -0.39 is 0 Å². The monoisotopic (exact) mass is 383 g/mol. The Morgan fingerprint density at radius 3 is 2.86 bits per heavy atom. The largest absolute Gasteiger partial charge is 0.421 e. The average molecular weight is 383 g/mol. The van der Waals surface area contributed by atoms with Gasteiger partial charge in [0, 0.05) is 43.1 Å². The Kier molecular flexibility index (Phi) is 5.13. The van der Waals surface area contributed by atoms with E-state index in [1.807, 2.05) is 44.2 Å². The van der Waals surface area contributed by atoms with E-state index >= 15 is 0 Å². The molecule has 0 unspecified atom stereocenters. The minimum absolute atomic E-state index is 0.0196. The number of nitrogens with one attached hydrogen (secondary N) is 2. The summed E-state index contributed by atoms with van der Waals surface area (Å²) in [4.78, 5) is 26.5. The number of amides is 2. The fourth-order valence-corrected chi connectivity index (χ4v) is 3.87. The van der Waals surface area contributed by atoms with Gasteiger partial charge in [-0.05, 0) is 18.6 Å². The SMILES string of the molecule is CC(C)C(=O)N[C@H]1C[C@H]2C(=O)NC[C@@H](Cc3nnc(-c4ccccc4)o3)N2C1. The summed E-state index contributed by atoms with van der Waals surface area (Å²) in [5.41, 5.74) is 0.883. The highest BCUT2D eigenvalue weighted by molar-refractivity contribution is 5.83. The van der Waals surface area contributed by atoms with Gasteiger partial charge in [-0.1, -0.05) is 32.0 Å². The molecular formula is C20H25N5O3. The summed E-state index contributed by atoms with van der Waals surface area (Å²) in [6.07, 6.45) is 1.18. The first-order valence-corrected chi connectivity index (χ1v) is 9.73. The second-order valence-electron chi connectivity index (χ2n) is 7.78. The molecule has 2 fully saturated rings. The Morgan fingerprint density at radius 1 is 1.32 bits per heavy atom. The van der Waals surface area contributed by atoms with Crippen molar-refractivity contribution in [3.8, 4) is 11.5 Å². The predicted octanol–water partition coefficient (Wildman–Crippen LogP) is 0.993. The standard InChI is InChI=1S/C20H25N5O3/c1-12(2)18(26)22-14-8-16-19(27)21-10-15(25(16)11-14)9-17-23-24-20(28-17)13-6-4-3-5-7-13/h3-7,12,14-16H,8-11H2,1-2H3,(H,21,27)(H,22,26)/t14-,15+,16-/m0/s1. The van der Waals surface area contributed by atoms with Crippen molar-refractivity contribution in [3.63, 3.8) is 0 Å². The van der Waals surface area contributed by atoms with Crippen molar-refractivity contribution in [1.82, 2.24) is 25.7 Å².